The summed E-state index contributed by atoms with van der Waals surface area (Å²) in [5.41, 5.74) is 0. The molecule has 0 fully saturated rings. The van der Waals surface area contributed by atoms with E-state index in [2.05, 4.69) is 28.5 Å². The van der Waals surface area contributed by atoms with Gasteiger partial charge in [-0.25, -0.2) is 0 Å². The normalized spacial score (nSPS) is 12.7. The van der Waals surface area contributed by atoms with Crippen molar-refractivity contribution in [2.45, 2.75) is 6.36 Å². The van der Waals surface area contributed by atoms with Gasteiger partial charge < -0.3 is 4.74 Å². The van der Waals surface area contributed by atoms with E-state index < -0.39 is 23.1 Å². The average molecular weight is 284 g/mol. The molecule has 0 aromatic carbocycles. The number of halogens is 4. The Hall–Kier alpha value is -1.43. The number of nitrogens with zero attached hydrogens (tertiary/aromatic N) is 1. The van der Waals surface area contributed by atoms with Crippen molar-refractivity contribution in [3.05, 3.63) is 35.6 Å². The molecule has 0 spiro atoms. The molecule has 0 rings (SSSR count). The van der Waals surface area contributed by atoms with Crippen LogP contribution in [0.15, 0.2) is 40.6 Å². The Morgan fingerprint density at radius 3 is 2.53 bits per heavy atom. The fraction of sp³-hybridized carbons (Fsp3) is 0.111. The number of carbonyl (C=O) groups is 1. The molecule has 0 heterocycles. The van der Waals surface area contributed by atoms with E-state index in [9.17, 15) is 18.0 Å². The van der Waals surface area contributed by atoms with Crippen molar-refractivity contribution in [1.29, 1.82) is 0 Å². The van der Waals surface area contributed by atoms with Crippen LogP contribution in [-0.2, 0) is 9.53 Å². The standard InChI is InChI=1S/C9H5ClF3NO2S/c1-2-3-7(16-9(11,12)13)6(10)4-8(15)14-5-17/h2-4H,1H2/b6-4+,7-3+. The van der Waals surface area contributed by atoms with Gasteiger partial charge in [0.25, 0.3) is 5.91 Å². The van der Waals surface area contributed by atoms with E-state index in [1.165, 1.54) is 0 Å². The van der Waals surface area contributed by atoms with E-state index in [1.54, 1.807) is 5.16 Å². The molecular formula is C9H5ClF3NO2S. The van der Waals surface area contributed by atoms with Crippen molar-refractivity contribution >= 4 is 34.9 Å². The summed E-state index contributed by atoms with van der Waals surface area (Å²) in [6.45, 7) is 3.18. The number of thiocarbonyl (C=S) groups is 1. The fourth-order valence-corrected chi connectivity index (χ4v) is 0.936. The molecule has 0 saturated heterocycles. The second kappa shape index (κ2) is 7.01. The van der Waals surface area contributed by atoms with E-state index in [-0.39, 0.29) is 0 Å². The number of isothiocyanates is 1. The SMILES string of the molecule is C=C/C=C(OC(F)(F)F)\C(Cl)=C/C(=O)N=C=S. The Morgan fingerprint density at radius 1 is 1.53 bits per heavy atom. The van der Waals surface area contributed by atoms with Crippen LogP contribution in [0.1, 0.15) is 0 Å². The van der Waals surface area contributed by atoms with Gasteiger partial charge in [-0.3, -0.25) is 4.79 Å². The number of amides is 1. The third kappa shape index (κ3) is 7.46. The number of hydrogen-bond acceptors (Lipinski definition) is 3. The minimum atomic E-state index is -4.93. The van der Waals surface area contributed by atoms with Gasteiger partial charge in [-0.2, -0.15) is 4.99 Å². The number of carbonyl (C=O) groups excluding carboxylic acids is 1. The summed E-state index contributed by atoms with van der Waals surface area (Å²) in [5, 5.41) is 1.16. The number of allylic oxidation sites excluding steroid dienone is 3. The molecule has 0 saturated carbocycles. The highest BCUT2D eigenvalue weighted by Crippen LogP contribution is 2.26. The first-order valence-corrected chi connectivity index (χ1v) is 4.66. The quantitative estimate of drug-likeness (QED) is 0.261. The van der Waals surface area contributed by atoms with Crippen molar-refractivity contribution in [1.82, 2.24) is 0 Å². The molecule has 0 bridgehead atoms. The predicted octanol–water partition coefficient (Wildman–Crippen LogP) is 3.34. The molecule has 0 atom stereocenters. The maximum absolute atomic E-state index is 12.0. The predicted molar refractivity (Wildman–Crippen MR) is 59.4 cm³/mol. The van der Waals surface area contributed by atoms with Gasteiger partial charge >= 0.3 is 6.36 Å². The van der Waals surface area contributed by atoms with Crippen molar-refractivity contribution in [3.63, 3.8) is 0 Å². The summed E-state index contributed by atoms with van der Waals surface area (Å²) in [4.78, 5) is 13.9. The summed E-state index contributed by atoms with van der Waals surface area (Å²) in [5.74, 6) is -1.73. The van der Waals surface area contributed by atoms with Crippen LogP contribution < -0.4 is 0 Å². The third-order valence-corrected chi connectivity index (χ3v) is 1.52. The lowest BCUT2D eigenvalue weighted by atomic mass is 10.3. The molecule has 0 N–H and O–H groups in total. The molecule has 0 radical (unpaired) electrons. The lowest BCUT2D eigenvalue weighted by molar-refractivity contribution is -0.303. The van der Waals surface area contributed by atoms with E-state index in [0.717, 1.165) is 12.2 Å². The molecule has 3 nitrogen and oxygen atoms in total. The summed E-state index contributed by atoms with van der Waals surface area (Å²) < 4.78 is 39.4. The lowest BCUT2D eigenvalue weighted by Crippen LogP contribution is -2.13. The monoisotopic (exact) mass is 283 g/mol. The first kappa shape index (κ1) is 15.6. The topological polar surface area (TPSA) is 38.7 Å². The number of rotatable bonds is 4. The molecule has 0 unspecified atom stereocenters. The summed E-state index contributed by atoms with van der Waals surface area (Å²) in [6.07, 6.45) is -2.45. The van der Waals surface area contributed by atoms with Crippen molar-refractivity contribution < 1.29 is 22.7 Å². The van der Waals surface area contributed by atoms with Crippen LogP contribution in [0.3, 0.4) is 0 Å². The third-order valence-electron chi connectivity index (χ3n) is 1.14. The summed E-state index contributed by atoms with van der Waals surface area (Å²) in [7, 11) is 0. The van der Waals surface area contributed by atoms with Gasteiger partial charge in [-0.15, -0.1) is 13.2 Å². The van der Waals surface area contributed by atoms with Crippen LogP contribution in [0.2, 0.25) is 0 Å². The first-order valence-electron chi connectivity index (χ1n) is 3.88. The van der Waals surface area contributed by atoms with Gasteiger partial charge in [-0.1, -0.05) is 24.3 Å². The van der Waals surface area contributed by atoms with E-state index in [1.807, 2.05) is 0 Å². The molecule has 0 aromatic rings. The zero-order valence-corrected chi connectivity index (χ0v) is 9.70. The number of ether oxygens (including phenoxy) is 1. The molecule has 17 heavy (non-hydrogen) atoms. The van der Waals surface area contributed by atoms with Crippen molar-refractivity contribution in [3.8, 4) is 0 Å². The molecule has 0 aliphatic heterocycles. The van der Waals surface area contributed by atoms with Crippen LogP contribution in [0.25, 0.3) is 0 Å². The lowest BCUT2D eigenvalue weighted by Gasteiger charge is -2.10. The molecular weight excluding hydrogens is 279 g/mol. The largest absolute Gasteiger partial charge is 0.573 e. The maximum atomic E-state index is 12.0. The zero-order valence-electron chi connectivity index (χ0n) is 8.12. The molecule has 1 amide bonds. The van der Waals surface area contributed by atoms with Gasteiger partial charge in [0, 0.05) is 6.08 Å². The number of alkyl halides is 3. The minimum absolute atomic E-state index is 0.582. The van der Waals surface area contributed by atoms with Gasteiger partial charge in [0.2, 0.25) is 0 Å². The highest BCUT2D eigenvalue weighted by Gasteiger charge is 2.32. The molecule has 8 heteroatoms. The van der Waals surface area contributed by atoms with Gasteiger partial charge in [0.1, 0.15) is 5.76 Å². The van der Waals surface area contributed by atoms with Gasteiger partial charge in [0.05, 0.1) is 10.2 Å². The second-order valence-electron chi connectivity index (χ2n) is 2.35. The highest BCUT2D eigenvalue weighted by molar-refractivity contribution is 7.78. The van der Waals surface area contributed by atoms with E-state index >= 15 is 0 Å². The van der Waals surface area contributed by atoms with Crippen LogP contribution in [0, 0.1) is 0 Å². The zero-order chi connectivity index (χ0) is 13.5. The van der Waals surface area contributed by atoms with Crippen LogP contribution >= 0.6 is 23.8 Å². The number of aliphatic imine (C=N–C) groups is 1. The fourth-order valence-electron chi connectivity index (χ4n) is 0.651. The molecule has 0 aliphatic carbocycles. The van der Waals surface area contributed by atoms with Gasteiger partial charge in [0.15, 0.2) is 0 Å². The van der Waals surface area contributed by atoms with Crippen LogP contribution in [0.4, 0.5) is 13.2 Å². The van der Waals surface area contributed by atoms with Crippen LogP contribution in [0.5, 0.6) is 0 Å². The molecule has 0 aliphatic rings. The highest BCUT2D eigenvalue weighted by atomic mass is 35.5. The Morgan fingerprint density at radius 2 is 2.12 bits per heavy atom. The summed E-state index contributed by atoms with van der Waals surface area (Å²) in [6, 6.07) is 0. The number of hydrogen-bond donors (Lipinski definition) is 0. The molecule has 0 aromatic heterocycles. The maximum Gasteiger partial charge on any atom is 0.573 e. The molecule has 92 valence electrons. The van der Waals surface area contributed by atoms with Gasteiger partial charge in [-0.05, 0) is 18.3 Å². The van der Waals surface area contributed by atoms with E-state index in [0.29, 0.717) is 6.08 Å². The second-order valence-corrected chi connectivity index (χ2v) is 2.94. The Balaban J connectivity index is 5.09. The Labute approximate surface area is 105 Å². The minimum Gasteiger partial charge on any atom is -0.404 e. The Bertz CT molecular complexity index is 422. The van der Waals surface area contributed by atoms with E-state index in [4.69, 9.17) is 11.6 Å². The Kier molecular flexibility index (Phi) is 6.42. The van der Waals surface area contributed by atoms with Crippen molar-refractivity contribution in [2.24, 2.45) is 4.99 Å². The first-order chi connectivity index (χ1) is 7.80. The van der Waals surface area contributed by atoms with Crippen molar-refractivity contribution in [2.75, 3.05) is 0 Å². The summed E-state index contributed by atoms with van der Waals surface area (Å²) >= 11 is 9.57. The van der Waals surface area contributed by atoms with Crippen LogP contribution in [-0.4, -0.2) is 17.4 Å². The average Bonchev–Trinajstić information content (AvgIpc) is 2.15. The smallest absolute Gasteiger partial charge is 0.404 e.